The van der Waals surface area contributed by atoms with Crippen LogP contribution in [0, 0.1) is 6.92 Å². The molecule has 2 aromatic heterocycles. The van der Waals surface area contributed by atoms with Gasteiger partial charge in [0.15, 0.2) is 0 Å². The molecule has 0 spiro atoms. The van der Waals surface area contributed by atoms with Crippen molar-refractivity contribution in [1.82, 2.24) is 8.75 Å². The second kappa shape index (κ2) is 6.08. The largest absolute Gasteiger partial charge is 0.173 e. The van der Waals surface area contributed by atoms with Crippen LogP contribution in [0.15, 0.2) is 36.4 Å². The normalized spacial score (nSPS) is 13.3. The van der Waals surface area contributed by atoms with Gasteiger partial charge in [0.05, 0.1) is 11.7 Å². The maximum atomic E-state index is 4.48. The zero-order valence-corrected chi connectivity index (χ0v) is 14.1. The summed E-state index contributed by atoms with van der Waals surface area (Å²) in [6.07, 6.45) is 5.61. The summed E-state index contributed by atoms with van der Waals surface area (Å²) in [5.74, 6) is 0.471. The third-order valence-corrected chi connectivity index (χ3v) is 5.47. The lowest BCUT2D eigenvalue weighted by Gasteiger charge is -2.03. The van der Waals surface area contributed by atoms with Gasteiger partial charge in [-0.15, -0.1) is 11.3 Å². The summed E-state index contributed by atoms with van der Waals surface area (Å²) >= 11 is 3.15. The monoisotopic (exact) mass is 314 g/mol. The molecule has 4 heteroatoms. The molecule has 0 aliphatic carbocycles. The van der Waals surface area contributed by atoms with Gasteiger partial charge >= 0.3 is 0 Å². The summed E-state index contributed by atoms with van der Waals surface area (Å²) in [6, 6.07) is 8.75. The van der Waals surface area contributed by atoms with Gasteiger partial charge < -0.3 is 0 Å². The lowest BCUT2D eigenvalue weighted by molar-refractivity contribution is 0.984. The van der Waals surface area contributed by atoms with Crippen molar-refractivity contribution in [2.24, 2.45) is 0 Å². The maximum Gasteiger partial charge on any atom is 0.113 e. The first-order valence-electron chi connectivity index (χ1n) is 7.19. The molecule has 3 aromatic rings. The second-order valence-electron chi connectivity index (χ2n) is 5.22. The third kappa shape index (κ3) is 2.78. The molecule has 1 atom stereocenters. The molecule has 0 N–H and O–H groups in total. The predicted molar refractivity (Wildman–Crippen MR) is 93.3 cm³/mol. The van der Waals surface area contributed by atoms with E-state index in [0.717, 1.165) is 17.5 Å². The number of rotatable bonds is 4. The fraction of sp³-hybridized carbons (Fsp3) is 0.294. The summed E-state index contributed by atoms with van der Waals surface area (Å²) < 4.78 is 8.89. The summed E-state index contributed by atoms with van der Waals surface area (Å²) in [5, 5.41) is 0. The van der Waals surface area contributed by atoms with E-state index in [2.05, 4.69) is 65.9 Å². The Bertz CT molecular complexity index is 783. The molecule has 0 radical (unpaired) electrons. The van der Waals surface area contributed by atoms with E-state index in [0.29, 0.717) is 5.92 Å². The van der Waals surface area contributed by atoms with E-state index in [-0.39, 0.29) is 0 Å². The van der Waals surface area contributed by atoms with E-state index < -0.39 is 0 Å². The molecule has 0 aliphatic rings. The van der Waals surface area contributed by atoms with Gasteiger partial charge in [-0.3, -0.25) is 0 Å². The van der Waals surface area contributed by atoms with Crippen LogP contribution in [0.2, 0.25) is 0 Å². The average Bonchev–Trinajstić information content (AvgIpc) is 3.14. The Morgan fingerprint density at radius 3 is 2.76 bits per heavy atom. The van der Waals surface area contributed by atoms with E-state index in [1.54, 1.807) is 0 Å². The molecule has 108 valence electrons. The van der Waals surface area contributed by atoms with Crippen LogP contribution in [0.25, 0.3) is 21.5 Å². The Balaban J connectivity index is 2.00. The van der Waals surface area contributed by atoms with Gasteiger partial charge in [0.25, 0.3) is 0 Å². The van der Waals surface area contributed by atoms with Crippen LogP contribution in [0.1, 0.15) is 36.6 Å². The fourth-order valence-corrected chi connectivity index (χ4v) is 4.05. The quantitative estimate of drug-likeness (QED) is 0.569. The van der Waals surface area contributed by atoms with Gasteiger partial charge in [0.1, 0.15) is 11.0 Å². The van der Waals surface area contributed by atoms with Gasteiger partial charge in [-0.2, -0.15) is 8.75 Å². The van der Waals surface area contributed by atoms with Gasteiger partial charge in [-0.1, -0.05) is 38.1 Å². The lowest BCUT2D eigenvalue weighted by Crippen LogP contribution is -1.82. The number of aromatic nitrogens is 2. The Kier molecular flexibility index (Phi) is 4.17. The minimum absolute atomic E-state index is 0.471. The van der Waals surface area contributed by atoms with Crippen molar-refractivity contribution < 1.29 is 0 Å². The number of hydrogen-bond acceptors (Lipinski definition) is 4. The molecule has 21 heavy (non-hydrogen) atoms. The summed E-state index contributed by atoms with van der Waals surface area (Å²) in [7, 11) is 0. The molecule has 1 aromatic carbocycles. The summed E-state index contributed by atoms with van der Waals surface area (Å²) in [5.41, 5.74) is 4.46. The first-order chi connectivity index (χ1) is 10.2. The van der Waals surface area contributed by atoms with Crippen LogP contribution in [0.4, 0.5) is 0 Å². The van der Waals surface area contributed by atoms with Crippen molar-refractivity contribution in [2.75, 3.05) is 0 Å². The van der Waals surface area contributed by atoms with Crippen molar-refractivity contribution in [3.05, 3.63) is 46.9 Å². The lowest BCUT2D eigenvalue weighted by atomic mass is 10.1. The van der Waals surface area contributed by atoms with Gasteiger partial charge in [-0.25, -0.2) is 0 Å². The standard InChI is InChI=1S/C17H18N2S2/c1-4-5-6-11(2)14-9-10-15(20-14)13-8-7-12(3)16-17(13)19-21-18-16/h5-11H,4H2,1-3H3/b6-5-. The molecule has 0 fully saturated rings. The minimum Gasteiger partial charge on any atom is -0.173 e. The molecule has 0 amide bonds. The number of aryl methyl sites for hydroxylation is 1. The van der Waals surface area contributed by atoms with Gasteiger partial charge in [0.2, 0.25) is 0 Å². The van der Waals surface area contributed by atoms with Crippen LogP contribution in [0.3, 0.4) is 0 Å². The van der Waals surface area contributed by atoms with Crippen molar-refractivity contribution in [1.29, 1.82) is 0 Å². The molecule has 0 bridgehead atoms. The zero-order valence-electron chi connectivity index (χ0n) is 12.5. The molecule has 0 saturated carbocycles. The number of benzene rings is 1. The van der Waals surface area contributed by atoms with Crippen molar-refractivity contribution in [3.63, 3.8) is 0 Å². The number of allylic oxidation sites excluding steroid dienone is 2. The molecule has 1 unspecified atom stereocenters. The van der Waals surface area contributed by atoms with Crippen molar-refractivity contribution >= 4 is 34.1 Å². The molecule has 2 heterocycles. The number of fused-ring (bicyclic) bond motifs is 1. The smallest absolute Gasteiger partial charge is 0.113 e. The Labute approximate surface area is 133 Å². The summed E-state index contributed by atoms with van der Waals surface area (Å²) in [4.78, 5) is 2.67. The van der Waals surface area contributed by atoms with Crippen LogP contribution < -0.4 is 0 Å². The van der Waals surface area contributed by atoms with Crippen molar-refractivity contribution in [3.8, 4) is 10.4 Å². The minimum atomic E-state index is 0.471. The highest BCUT2D eigenvalue weighted by atomic mass is 32.1. The second-order valence-corrected chi connectivity index (χ2v) is 6.86. The number of hydrogen-bond donors (Lipinski definition) is 0. The fourth-order valence-electron chi connectivity index (χ4n) is 2.37. The molecule has 3 rings (SSSR count). The van der Waals surface area contributed by atoms with E-state index in [4.69, 9.17) is 0 Å². The van der Waals surface area contributed by atoms with E-state index in [1.807, 2.05) is 11.3 Å². The summed E-state index contributed by atoms with van der Waals surface area (Å²) in [6.45, 7) is 6.50. The van der Waals surface area contributed by atoms with E-state index in [1.165, 1.54) is 32.6 Å². The van der Waals surface area contributed by atoms with E-state index >= 15 is 0 Å². The van der Waals surface area contributed by atoms with Crippen LogP contribution >= 0.6 is 23.1 Å². The predicted octanol–water partition coefficient (Wildman–Crippen LogP) is 5.80. The Hall–Kier alpha value is -1.52. The number of thiophene rings is 1. The van der Waals surface area contributed by atoms with Gasteiger partial charge in [-0.05, 0) is 31.0 Å². The Morgan fingerprint density at radius 1 is 1.14 bits per heavy atom. The highest BCUT2D eigenvalue weighted by molar-refractivity contribution is 7.15. The van der Waals surface area contributed by atoms with Crippen molar-refractivity contribution in [2.45, 2.75) is 33.1 Å². The average molecular weight is 314 g/mol. The van der Waals surface area contributed by atoms with E-state index in [9.17, 15) is 0 Å². The third-order valence-electron chi connectivity index (χ3n) is 3.62. The highest BCUT2D eigenvalue weighted by Gasteiger charge is 2.13. The van der Waals surface area contributed by atoms with Crippen LogP contribution in [-0.4, -0.2) is 8.75 Å². The molecule has 0 saturated heterocycles. The molecule has 2 nitrogen and oxygen atoms in total. The maximum absolute atomic E-state index is 4.48. The number of nitrogens with zero attached hydrogens (tertiary/aromatic N) is 2. The molecular formula is C17H18N2S2. The zero-order chi connectivity index (χ0) is 14.8. The molecular weight excluding hydrogens is 296 g/mol. The highest BCUT2D eigenvalue weighted by Crippen LogP contribution is 2.36. The molecule has 0 aliphatic heterocycles. The topological polar surface area (TPSA) is 25.8 Å². The van der Waals surface area contributed by atoms with Crippen LogP contribution in [-0.2, 0) is 0 Å². The Morgan fingerprint density at radius 2 is 1.95 bits per heavy atom. The first kappa shape index (κ1) is 14.4. The first-order valence-corrected chi connectivity index (χ1v) is 8.74. The SMILES string of the molecule is CC/C=C\C(C)c1ccc(-c2ccc(C)c3nsnc23)s1. The van der Waals surface area contributed by atoms with Gasteiger partial charge in [0, 0.05) is 21.2 Å². The van der Waals surface area contributed by atoms with Crippen LogP contribution in [0.5, 0.6) is 0 Å².